The highest BCUT2D eigenvalue weighted by Crippen LogP contribution is 1.96. The summed E-state index contributed by atoms with van der Waals surface area (Å²) in [5.74, 6) is -0.933. The van der Waals surface area contributed by atoms with Gasteiger partial charge in [0.15, 0.2) is 0 Å². The van der Waals surface area contributed by atoms with Crippen LogP contribution in [0.5, 0.6) is 0 Å². The van der Waals surface area contributed by atoms with Gasteiger partial charge in [0.1, 0.15) is 6.04 Å². The van der Waals surface area contributed by atoms with E-state index in [2.05, 4.69) is 5.32 Å². The Kier molecular flexibility index (Phi) is 16.7. The van der Waals surface area contributed by atoms with E-state index in [1.54, 1.807) is 0 Å². The molecule has 0 spiro atoms. The van der Waals surface area contributed by atoms with Crippen LogP contribution in [0.15, 0.2) is 0 Å². The van der Waals surface area contributed by atoms with Crippen molar-refractivity contribution in [3.63, 3.8) is 0 Å². The molecule has 0 aliphatic heterocycles. The highest BCUT2D eigenvalue weighted by atomic mass is 16.4. The van der Waals surface area contributed by atoms with Crippen LogP contribution >= 0.6 is 0 Å². The number of carboxylic acid groups (broad SMARTS) is 1. The summed E-state index contributed by atoms with van der Waals surface area (Å²) >= 11 is 0. The molecule has 0 radical (unpaired) electrons. The fraction of sp³-hybridized carbons (Fsp3) is 0.900. The van der Waals surface area contributed by atoms with Crippen LogP contribution < -0.4 is 28.3 Å². The smallest absolute Gasteiger partial charge is 0.320 e. The number of aliphatic carboxylic acids is 1. The van der Waals surface area contributed by atoms with E-state index < -0.39 is 12.0 Å². The zero-order chi connectivity index (χ0) is 13.5. The van der Waals surface area contributed by atoms with E-state index in [9.17, 15) is 4.79 Å². The Morgan fingerprint density at radius 3 is 1.94 bits per heavy atom. The SMILES string of the molecule is NCCCCC(N)C(=O)O.NCCNCCN. The number of nitrogens with one attached hydrogen (secondary N) is 1. The fourth-order valence-corrected chi connectivity index (χ4v) is 0.961. The van der Waals surface area contributed by atoms with Gasteiger partial charge in [-0.3, -0.25) is 4.79 Å². The molecule has 0 aromatic rings. The van der Waals surface area contributed by atoms with E-state index in [1.165, 1.54) is 0 Å². The quantitative estimate of drug-likeness (QED) is 0.259. The molecule has 0 heterocycles. The van der Waals surface area contributed by atoms with Gasteiger partial charge in [0, 0.05) is 26.2 Å². The second kappa shape index (κ2) is 15.3. The van der Waals surface area contributed by atoms with Gasteiger partial charge in [-0.15, -0.1) is 0 Å². The monoisotopic (exact) mass is 249 g/mol. The van der Waals surface area contributed by atoms with E-state index in [0.29, 0.717) is 26.1 Å². The number of nitrogens with two attached hydrogens (primary N) is 4. The summed E-state index contributed by atoms with van der Waals surface area (Å²) < 4.78 is 0. The first-order valence-corrected chi connectivity index (χ1v) is 5.89. The van der Waals surface area contributed by atoms with Crippen molar-refractivity contribution >= 4 is 5.97 Å². The van der Waals surface area contributed by atoms with Gasteiger partial charge < -0.3 is 33.4 Å². The van der Waals surface area contributed by atoms with Gasteiger partial charge in [-0.25, -0.2) is 0 Å². The zero-order valence-corrected chi connectivity index (χ0v) is 10.4. The molecule has 0 rings (SSSR count). The topological polar surface area (TPSA) is 153 Å². The maximum Gasteiger partial charge on any atom is 0.320 e. The van der Waals surface area contributed by atoms with Gasteiger partial charge in [-0.05, 0) is 19.4 Å². The van der Waals surface area contributed by atoms with Crippen LogP contribution in [-0.4, -0.2) is 49.8 Å². The van der Waals surface area contributed by atoms with Crippen molar-refractivity contribution in [3.05, 3.63) is 0 Å². The highest BCUT2D eigenvalue weighted by molar-refractivity contribution is 5.72. The van der Waals surface area contributed by atoms with Crippen molar-refractivity contribution in [2.24, 2.45) is 22.9 Å². The summed E-state index contributed by atoms with van der Waals surface area (Å²) in [4.78, 5) is 10.1. The van der Waals surface area contributed by atoms with Crippen molar-refractivity contribution in [3.8, 4) is 0 Å². The van der Waals surface area contributed by atoms with Crippen molar-refractivity contribution in [1.29, 1.82) is 0 Å². The number of carboxylic acids is 1. The third-order valence-corrected chi connectivity index (χ3v) is 1.93. The lowest BCUT2D eigenvalue weighted by Crippen LogP contribution is -2.29. The number of hydrogen-bond donors (Lipinski definition) is 6. The Hall–Kier alpha value is -0.730. The summed E-state index contributed by atoms with van der Waals surface area (Å²) in [6.45, 7) is 3.74. The average molecular weight is 249 g/mol. The van der Waals surface area contributed by atoms with Gasteiger partial charge in [-0.1, -0.05) is 6.42 Å². The number of hydrogen-bond acceptors (Lipinski definition) is 6. The van der Waals surface area contributed by atoms with Gasteiger partial charge >= 0.3 is 5.97 Å². The Labute approximate surface area is 103 Å². The molecule has 0 fully saturated rings. The molecule has 0 aromatic carbocycles. The van der Waals surface area contributed by atoms with Gasteiger partial charge in [0.2, 0.25) is 0 Å². The molecule has 1 unspecified atom stereocenters. The minimum Gasteiger partial charge on any atom is -0.480 e. The van der Waals surface area contributed by atoms with Crippen molar-refractivity contribution in [1.82, 2.24) is 5.32 Å². The molecule has 0 amide bonds. The lowest BCUT2D eigenvalue weighted by Gasteiger charge is -2.03. The summed E-state index contributed by atoms with van der Waals surface area (Å²) in [6.07, 6.45) is 2.16. The van der Waals surface area contributed by atoms with E-state index in [-0.39, 0.29) is 0 Å². The maximum atomic E-state index is 10.1. The predicted molar refractivity (Wildman–Crippen MR) is 69.5 cm³/mol. The van der Waals surface area contributed by atoms with Crippen LogP contribution in [0.1, 0.15) is 19.3 Å². The van der Waals surface area contributed by atoms with Gasteiger partial charge in [-0.2, -0.15) is 0 Å². The molecule has 1 atom stereocenters. The van der Waals surface area contributed by atoms with Crippen molar-refractivity contribution < 1.29 is 9.90 Å². The molecule has 10 N–H and O–H groups in total. The molecular weight excluding hydrogens is 222 g/mol. The minimum absolute atomic E-state index is 0.520. The average Bonchev–Trinajstić information content (AvgIpc) is 2.30. The number of carbonyl (C=O) groups is 1. The third kappa shape index (κ3) is 17.9. The predicted octanol–water partition coefficient (Wildman–Crippen LogP) is -1.98. The molecule has 0 aromatic heterocycles. The molecule has 0 bridgehead atoms. The van der Waals surface area contributed by atoms with E-state index in [1.807, 2.05) is 0 Å². The minimum atomic E-state index is -0.933. The van der Waals surface area contributed by atoms with Gasteiger partial charge in [0.05, 0.1) is 0 Å². The lowest BCUT2D eigenvalue weighted by molar-refractivity contribution is -0.138. The Bertz CT molecular complexity index is 165. The summed E-state index contributed by atoms with van der Waals surface area (Å²) in [6, 6.07) is -0.716. The van der Waals surface area contributed by atoms with E-state index in [4.69, 9.17) is 28.0 Å². The highest BCUT2D eigenvalue weighted by Gasteiger charge is 2.09. The molecule has 7 nitrogen and oxygen atoms in total. The normalized spacial score (nSPS) is 11.5. The number of unbranched alkanes of at least 4 members (excludes halogenated alkanes) is 1. The first kappa shape index (κ1) is 18.6. The van der Waals surface area contributed by atoms with Crippen LogP contribution in [0.4, 0.5) is 0 Å². The summed E-state index contributed by atoms with van der Waals surface area (Å²) in [5, 5.41) is 11.4. The Morgan fingerprint density at radius 2 is 1.59 bits per heavy atom. The molecule has 0 aliphatic rings. The fourth-order valence-electron chi connectivity index (χ4n) is 0.961. The van der Waals surface area contributed by atoms with Crippen LogP contribution in [0.2, 0.25) is 0 Å². The lowest BCUT2D eigenvalue weighted by atomic mass is 10.1. The van der Waals surface area contributed by atoms with Crippen LogP contribution in [0, 0.1) is 0 Å². The second-order valence-corrected chi connectivity index (χ2v) is 3.56. The second-order valence-electron chi connectivity index (χ2n) is 3.56. The molecule has 0 saturated carbocycles. The first-order valence-electron chi connectivity index (χ1n) is 5.89. The Morgan fingerprint density at radius 1 is 1.06 bits per heavy atom. The van der Waals surface area contributed by atoms with Crippen molar-refractivity contribution in [2.45, 2.75) is 25.3 Å². The molecular formula is C10H27N5O2. The van der Waals surface area contributed by atoms with E-state index in [0.717, 1.165) is 25.9 Å². The van der Waals surface area contributed by atoms with Crippen molar-refractivity contribution in [2.75, 3.05) is 32.7 Å². The van der Waals surface area contributed by atoms with Crippen LogP contribution in [0.25, 0.3) is 0 Å². The van der Waals surface area contributed by atoms with Gasteiger partial charge in [0.25, 0.3) is 0 Å². The Balaban J connectivity index is 0. The standard InChI is InChI=1S/C6H14N2O2.C4H13N3/c7-4-2-1-3-5(8)6(9)10;5-1-3-7-4-2-6/h5H,1-4,7-8H2,(H,9,10);7H,1-6H2. The zero-order valence-electron chi connectivity index (χ0n) is 10.4. The summed E-state index contributed by atoms with van der Waals surface area (Å²) in [7, 11) is 0. The molecule has 0 aliphatic carbocycles. The molecule has 104 valence electrons. The first-order chi connectivity index (χ1) is 8.09. The largest absolute Gasteiger partial charge is 0.480 e. The molecule has 17 heavy (non-hydrogen) atoms. The summed E-state index contributed by atoms with van der Waals surface area (Å²) in [5.41, 5.74) is 20.8. The molecule has 0 saturated heterocycles. The van der Waals surface area contributed by atoms with Crippen LogP contribution in [-0.2, 0) is 4.79 Å². The van der Waals surface area contributed by atoms with Crippen LogP contribution in [0.3, 0.4) is 0 Å². The third-order valence-electron chi connectivity index (χ3n) is 1.93. The maximum absolute atomic E-state index is 10.1. The van der Waals surface area contributed by atoms with E-state index >= 15 is 0 Å². The molecule has 7 heteroatoms. The number of rotatable bonds is 9.